The monoisotopic (exact) mass is 483 g/mol. The third-order valence-electron chi connectivity index (χ3n) is 5.03. The summed E-state index contributed by atoms with van der Waals surface area (Å²) in [6.07, 6.45) is 2.73. The average Bonchev–Trinajstić information content (AvgIpc) is 2.90. The summed E-state index contributed by atoms with van der Waals surface area (Å²) in [5.41, 5.74) is 2.27. The number of benzene rings is 3. The molecule has 0 radical (unpaired) electrons. The minimum atomic E-state index is -0.697. The van der Waals surface area contributed by atoms with Crippen LogP contribution in [0.25, 0.3) is 6.08 Å². The van der Waals surface area contributed by atoms with Gasteiger partial charge in [-0.25, -0.2) is 4.79 Å². The lowest BCUT2D eigenvalue weighted by atomic mass is 10.1. The van der Waals surface area contributed by atoms with E-state index in [2.05, 4.69) is 10.6 Å². The van der Waals surface area contributed by atoms with E-state index in [0.29, 0.717) is 22.6 Å². The first kappa shape index (κ1) is 25.7. The molecule has 0 spiro atoms. The molecule has 0 bridgehead atoms. The second-order valence-corrected chi connectivity index (χ2v) is 7.66. The lowest BCUT2D eigenvalue weighted by Gasteiger charge is -2.16. The van der Waals surface area contributed by atoms with E-state index >= 15 is 0 Å². The van der Waals surface area contributed by atoms with Gasteiger partial charge in [0.25, 0.3) is 11.8 Å². The van der Waals surface area contributed by atoms with E-state index in [-0.39, 0.29) is 18.6 Å². The highest BCUT2D eigenvalue weighted by Gasteiger charge is 2.16. The zero-order chi connectivity index (χ0) is 25.8. The van der Waals surface area contributed by atoms with E-state index in [1.165, 1.54) is 12.2 Å². The maximum Gasteiger partial charge on any atom is 0.331 e. The van der Waals surface area contributed by atoms with Crippen molar-refractivity contribution in [1.82, 2.24) is 5.32 Å². The molecular formula is C28H25N3O5. The van der Waals surface area contributed by atoms with Gasteiger partial charge in [-0.3, -0.25) is 9.59 Å². The van der Waals surface area contributed by atoms with Crippen molar-refractivity contribution < 1.29 is 23.9 Å². The zero-order valence-electron chi connectivity index (χ0n) is 19.6. The number of nitrogens with one attached hydrogen (secondary N) is 2. The van der Waals surface area contributed by atoms with Crippen molar-refractivity contribution >= 4 is 29.5 Å². The van der Waals surface area contributed by atoms with Crippen molar-refractivity contribution in [3.05, 3.63) is 102 Å². The van der Waals surface area contributed by atoms with Crippen LogP contribution in [0.4, 0.5) is 5.69 Å². The fourth-order valence-electron chi connectivity index (χ4n) is 3.22. The molecule has 0 aromatic heterocycles. The Hall–Kier alpha value is -4.90. The summed E-state index contributed by atoms with van der Waals surface area (Å²) >= 11 is 0. The molecule has 0 heterocycles. The molecule has 0 aliphatic rings. The number of nitriles is 1. The second kappa shape index (κ2) is 13.1. The van der Waals surface area contributed by atoms with Crippen LogP contribution in [0.2, 0.25) is 0 Å². The number of esters is 1. The molecule has 0 aliphatic heterocycles. The summed E-state index contributed by atoms with van der Waals surface area (Å²) in [6.45, 7) is 1.31. The molecule has 8 heteroatoms. The van der Waals surface area contributed by atoms with Crippen molar-refractivity contribution in [1.29, 1.82) is 5.26 Å². The fourth-order valence-corrected chi connectivity index (χ4v) is 3.22. The molecule has 182 valence electrons. The van der Waals surface area contributed by atoms with Crippen molar-refractivity contribution in [3.8, 4) is 11.8 Å². The van der Waals surface area contributed by atoms with E-state index in [4.69, 9.17) is 14.7 Å². The lowest BCUT2D eigenvalue weighted by molar-refractivity contribution is -0.142. The Bertz CT molecular complexity index is 1260. The van der Waals surface area contributed by atoms with Gasteiger partial charge in [-0.05, 0) is 48.4 Å². The van der Waals surface area contributed by atoms with Gasteiger partial charge in [-0.15, -0.1) is 0 Å². The molecule has 0 fully saturated rings. The number of rotatable bonds is 10. The van der Waals surface area contributed by atoms with Crippen molar-refractivity contribution in [3.63, 3.8) is 0 Å². The van der Waals surface area contributed by atoms with Gasteiger partial charge in [0, 0.05) is 6.08 Å². The molecule has 3 aromatic rings. The standard InChI is InChI=1S/C28H25N3O5/c1-20(22-7-3-2-4-8-22)30-28(34)24-9-5-6-10-25(24)31-26(32)19-36-27(33)16-13-21-11-14-23(15-12-21)35-18-17-29/h2-16,20H,18-19H2,1H3,(H,30,34)(H,31,32)/b16-13+. The third-order valence-corrected chi connectivity index (χ3v) is 5.03. The Balaban J connectivity index is 1.51. The van der Waals surface area contributed by atoms with Crippen LogP contribution >= 0.6 is 0 Å². The Morgan fingerprint density at radius 3 is 2.39 bits per heavy atom. The van der Waals surface area contributed by atoms with Crippen LogP contribution in [-0.4, -0.2) is 31.0 Å². The largest absolute Gasteiger partial charge is 0.479 e. The molecule has 3 rings (SSSR count). The normalized spacial score (nSPS) is 11.2. The number of carbonyl (C=O) groups is 3. The van der Waals surface area contributed by atoms with Crippen LogP contribution < -0.4 is 15.4 Å². The van der Waals surface area contributed by atoms with Crippen LogP contribution in [0.3, 0.4) is 0 Å². The molecule has 2 N–H and O–H groups in total. The highest BCUT2D eigenvalue weighted by Crippen LogP contribution is 2.18. The number of carbonyl (C=O) groups excluding carboxylic acids is 3. The van der Waals surface area contributed by atoms with Crippen LogP contribution in [-0.2, 0) is 14.3 Å². The Morgan fingerprint density at radius 2 is 1.67 bits per heavy atom. The average molecular weight is 484 g/mol. The first-order chi connectivity index (χ1) is 17.5. The minimum Gasteiger partial charge on any atom is -0.479 e. The van der Waals surface area contributed by atoms with Gasteiger partial charge in [0.05, 0.1) is 17.3 Å². The van der Waals surface area contributed by atoms with Crippen molar-refractivity contribution in [2.24, 2.45) is 0 Å². The highest BCUT2D eigenvalue weighted by molar-refractivity contribution is 6.04. The summed E-state index contributed by atoms with van der Waals surface area (Å²) < 4.78 is 10.2. The summed E-state index contributed by atoms with van der Waals surface area (Å²) in [6, 6.07) is 24.5. The quantitative estimate of drug-likeness (QED) is 0.328. The maximum absolute atomic E-state index is 12.8. The Morgan fingerprint density at radius 1 is 0.972 bits per heavy atom. The van der Waals surface area contributed by atoms with E-state index in [0.717, 1.165) is 5.56 Å². The van der Waals surface area contributed by atoms with Crippen molar-refractivity contribution in [2.45, 2.75) is 13.0 Å². The van der Waals surface area contributed by atoms with Gasteiger partial charge in [0.1, 0.15) is 11.8 Å². The number of anilines is 1. The maximum atomic E-state index is 12.8. The zero-order valence-corrected chi connectivity index (χ0v) is 19.6. The highest BCUT2D eigenvalue weighted by atomic mass is 16.5. The van der Waals surface area contributed by atoms with Crippen molar-refractivity contribution in [2.75, 3.05) is 18.5 Å². The Kier molecular flexibility index (Phi) is 9.36. The van der Waals surface area contributed by atoms with E-state index in [1.807, 2.05) is 43.3 Å². The lowest BCUT2D eigenvalue weighted by Crippen LogP contribution is -2.28. The summed E-state index contributed by atoms with van der Waals surface area (Å²) in [4.78, 5) is 37.2. The first-order valence-electron chi connectivity index (χ1n) is 11.2. The number of amides is 2. The smallest absolute Gasteiger partial charge is 0.331 e. The van der Waals surface area contributed by atoms with E-state index in [1.54, 1.807) is 48.5 Å². The molecule has 1 unspecified atom stereocenters. The topological polar surface area (TPSA) is 118 Å². The van der Waals surface area contributed by atoms with Gasteiger partial charge >= 0.3 is 5.97 Å². The number of ether oxygens (including phenoxy) is 2. The predicted octanol–water partition coefficient (Wildman–Crippen LogP) is 4.28. The molecule has 36 heavy (non-hydrogen) atoms. The van der Waals surface area contributed by atoms with Crippen LogP contribution in [0.5, 0.6) is 5.75 Å². The van der Waals surface area contributed by atoms with Gasteiger partial charge in [-0.1, -0.05) is 54.6 Å². The molecule has 0 aliphatic carbocycles. The first-order valence-corrected chi connectivity index (χ1v) is 11.2. The van der Waals surface area contributed by atoms with Gasteiger partial charge in [0.2, 0.25) is 0 Å². The van der Waals surface area contributed by atoms with Crippen LogP contribution in [0, 0.1) is 11.3 Å². The minimum absolute atomic E-state index is 0.0501. The number of hydrogen-bond donors (Lipinski definition) is 2. The molecular weight excluding hydrogens is 458 g/mol. The number of nitrogens with zero attached hydrogens (tertiary/aromatic N) is 1. The molecule has 0 saturated heterocycles. The van der Waals surface area contributed by atoms with E-state index < -0.39 is 18.5 Å². The van der Waals surface area contributed by atoms with Gasteiger partial charge in [0.15, 0.2) is 13.2 Å². The van der Waals surface area contributed by atoms with E-state index in [9.17, 15) is 14.4 Å². The second-order valence-electron chi connectivity index (χ2n) is 7.66. The molecule has 0 saturated carbocycles. The Labute approximate surface area is 209 Å². The van der Waals surface area contributed by atoms with Gasteiger partial charge < -0.3 is 20.1 Å². The summed E-state index contributed by atoms with van der Waals surface area (Å²) in [5.74, 6) is -1.08. The van der Waals surface area contributed by atoms with Crippen LogP contribution in [0.15, 0.2) is 84.9 Å². The number of hydrogen-bond acceptors (Lipinski definition) is 6. The molecule has 8 nitrogen and oxygen atoms in total. The SMILES string of the molecule is CC(NC(=O)c1ccccc1NC(=O)COC(=O)/C=C/c1ccc(OCC#N)cc1)c1ccccc1. The summed E-state index contributed by atoms with van der Waals surface area (Å²) in [7, 11) is 0. The molecule has 2 amide bonds. The molecule has 1 atom stereocenters. The van der Waals surface area contributed by atoms with Gasteiger partial charge in [-0.2, -0.15) is 5.26 Å². The third kappa shape index (κ3) is 7.85. The fraction of sp³-hybridized carbons (Fsp3) is 0.143. The van der Waals surface area contributed by atoms with Crippen LogP contribution in [0.1, 0.15) is 34.5 Å². The number of para-hydroxylation sites is 1. The molecule has 3 aromatic carbocycles. The summed E-state index contributed by atoms with van der Waals surface area (Å²) in [5, 5.41) is 14.1. The predicted molar refractivity (Wildman–Crippen MR) is 135 cm³/mol.